The second-order valence-electron chi connectivity index (χ2n) is 5.24. The molecule has 1 aliphatic rings. The molecule has 2 rings (SSSR count). The summed E-state index contributed by atoms with van der Waals surface area (Å²) in [7, 11) is 2.04. The molecule has 0 radical (unpaired) electrons. The highest BCUT2D eigenvalue weighted by atomic mass is 15.1. The topological polar surface area (TPSA) is 15.3 Å². The lowest BCUT2D eigenvalue weighted by Gasteiger charge is -2.28. The van der Waals surface area contributed by atoms with Crippen LogP contribution < -0.4 is 5.32 Å². The van der Waals surface area contributed by atoms with Gasteiger partial charge in [0.1, 0.15) is 0 Å². The van der Waals surface area contributed by atoms with Crippen LogP contribution in [0.1, 0.15) is 25.3 Å². The van der Waals surface area contributed by atoms with Gasteiger partial charge in [0.25, 0.3) is 0 Å². The van der Waals surface area contributed by atoms with Crippen LogP contribution in [-0.2, 0) is 6.54 Å². The molecule has 2 heteroatoms. The predicted octanol–water partition coefficient (Wildman–Crippen LogP) is 2.82. The smallest absolute Gasteiger partial charge is 0.0237 e. The van der Waals surface area contributed by atoms with Crippen molar-refractivity contribution in [1.29, 1.82) is 0 Å². The normalized spacial score (nSPS) is 18.4. The Morgan fingerprint density at radius 1 is 1.28 bits per heavy atom. The first-order valence-electron chi connectivity index (χ1n) is 6.89. The summed E-state index contributed by atoms with van der Waals surface area (Å²) in [5.74, 6) is 0. The molecule has 0 aromatic heterocycles. The molecule has 0 aliphatic carbocycles. The van der Waals surface area contributed by atoms with E-state index in [0.29, 0.717) is 6.04 Å². The number of rotatable bonds is 5. The Labute approximate surface area is 111 Å². The van der Waals surface area contributed by atoms with Gasteiger partial charge in [0.05, 0.1) is 0 Å². The second-order valence-corrected chi connectivity index (χ2v) is 5.24. The Morgan fingerprint density at radius 2 is 2.06 bits per heavy atom. The summed E-state index contributed by atoms with van der Waals surface area (Å²) in [4.78, 5) is 2.55. The van der Waals surface area contributed by atoms with Gasteiger partial charge in [-0.3, -0.25) is 4.90 Å². The van der Waals surface area contributed by atoms with Crippen molar-refractivity contribution >= 4 is 0 Å². The molecule has 0 amide bonds. The maximum Gasteiger partial charge on any atom is 0.0237 e. The molecule has 1 heterocycles. The maximum absolute atomic E-state index is 3.32. The minimum atomic E-state index is 0.577. The van der Waals surface area contributed by atoms with Crippen molar-refractivity contribution in [3.8, 4) is 0 Å². The Morgan fingerprint density at radius 3 is 2.78 bits per heavy atom. The highest BCUT2D eigenvalue weighted by Crippen LogP contribution is 2.16. The summed E-state index contributed by atoms with van der Waals surface area (Å²) in [6.07, 6.45) is 4.79. The number of hydrogen-bond donors (Lipinski definition) is 1. The molecule has 1 aliphatic heterocycles. The van der Waals surface area contributed by atoms with E-state index in [0.717, 1.165) is 13.1 Å². The fourth-order valence-electron chi connectivity index (χ4n) is 2.50. The van der Waals surface area contributed by atoms with Gasteiger partial charge in [-0.2, -0.15) is 0 Å². The van der Waals surface area contributed by atoms with Crippen molar-refractivity contribution in [3.63, 3.8) is 0 Å². The number of hydrogen-bond acceptors (Lipinski definition) is 2. The third-order valence-electron chi connectivity index (χ3n) is 3.62. The Bertz CT molecular complexity index is 383. The number of nitrogens with zero attached hydrogens (tertiary/aromatic N) is 1. The van der Waals surface area contributed by atoms with Gasteiger partial charge in [0.2, 0.25) is 0 Å². The van der Waals surface area contributed by atoms with Gasteiger partial charge in [-0.1, -0.05) is 42.0 Å². The molecule has 18 heavy (non-hydrogen) atoms. The van der Waals surface area contributed by atoms with E-state index in [1.165, 1.54) is 24.9 Å². The van der Waals surface area contributed by atoms with Gasteiger partial charge in [0.15, 0.2) is 0 Å². The van der Waals surface area contributed by atoms with E-state index in [-0.39, 0.29) is 0 Å². The molecule has 2 nitrogen and oxygen atoms in total. The first-order chi connectivity index (χ1) is 8.78. The average molecular weight is 244 g/mol. The zero-order valence-corrected chi connectivity index (χ0v) is 11.5. The SMILES string of the molecule is CNC(C)CC1=CCCN(Cc2ccccc2)C1. The molecule has 1 aromatic carbocycles. The largest absolute Gasteiger partial charge is 0.317 e. The van der Waals surface area contributed by atoms with Gasteiger partial charge in [-0.25, -0.2) is 0 Å². The van der Waals surface area contributed by atoms with Crippen molar-refractivity contribution in [2.24, 2.45) is 0 Å². The van der Waals surface area contributed by atoms with Crippen LogP contribution in [0.4, 0.5) is 0 Å². The number of benzene rings is 1. The van der Waals surface area contributed by atoms with E-state index in [4.69, 9.17) is 0 Å². The number of nitrogens with one attached hydrogen (secondary N) is 1. The standard InChI is InChI=1S/C16H24N2/c1-14(17-2)11-16-9-6-10-18(13-16)12-15-7-4-3-5-8-15/h3-5,7-9,14,17H,6,10-13H2,1-2H3. The fraction of sp³-hybridized carbons (Fsp3) is 0.500. The zero-order chi connectivity index (χ0) is 12.8. The van der Waals surface area contributed by atoms with E-state index in [2.05, 4.69) is 53.5 Å². The van der Waals surface area contributed by atoms with Crippen LogP contribution in [0.15, 0.2) is 42.0 Å². The molecule has 1 atom stereocenters. The van der Waals surface area contributed by atoms with E-state index in [9.17, 15) is 0 Å². The van der Waals surface area contributed by atoms with Crippen LogP contribution >= 0.6 is 0 Å². The third kappa shape index (κ3) is 3.97. The van der Waals surface area contributed by atoms with E-state index in [1.54, 1.807) is 5.57 Å². The first-order valence-corrected chi connectivity index (χ1v) is 6.89. The molecule has 1 unspecified atom stereocenters. The van der Waals surface area contributed by atoms with E-state index in [1.807, 2.05) is 7.05 Å². The van der Waals surface area contributed by atoms with Crippen LogP contribution in [0, 0.1) is 0 Å². The summed E-state index contributed by atoms with van der Waals surface area (Å²) >= 11 is 0. The maximum atomic E-state index is 3.32. The van der Waals surface area contributed by atoms with Crippen molar-refractivity contribution in [2.75, 3.05) is 20.1 Å². The van der Waals surface area contributed by atoms with Crippen LogP contribution in [0.3, 0.4) is 0 Å². The van der Waals surface area contributed by atoms with Crippen LogP contribution in [-0.4, -0.2) is 31.1 Å². The summed E-state index contributed by atoms with van der Waals surface area (Å²) in [6, 6.07) is 11.3. The van der Waals surface area contributed by atoms with Crippen LogP contribution in [0.2, 0.25) is 0 Å². The lowest BCUT2D eigenvalue weighted by molar-refractivity contribution is 0.277. The van der Waals surface area contributed by atoms with E-state index >= 15 is 0 Å². The molecule has 0 saturated carbocycles. The van der Waals surface area contributed by atoms with Gasteiger partial charge in [0, 0.05) is 25.7 Å². The van der Waals surface area contributed by atoms with Crippen LogP contribution in [0.25, 0.3) is 0 Å². The lowest BCUT2D eigenvalue weighted by atomic mass is 10.0. The van der Waals surface area contributed by atoms with Gasteiger partial charge in [-0.15, -0.1) is 0 Å². The molecule has 0 saturated heterocycles. The minimum Gasteiger partial charge on any atom is -0.317 e. The molecule has 0 bridgehead atoms. The quantitative estimate of drug-likeness (QED) is 0.801. The Kier molecular flexibility index (Phi) is 4.97. The second kappa shape index (κ2) is 6.72. The summed E-state index contributed by atoms with van der Waals surface area (Å²) in [5.41, 5.74) is 3.00. The summed E-state index contributed by atoms with van der Waals surface area (Å²) in [5, 5.41) is 3.32. The van der Waals surface area contributed by atoms with Crippen molar-refractivity contribution < 1.29 is 0 Å². The first kappa shape index (κ1) is 13.3. The van der Waals surface area contributed by atoms with Crippen LogP contribution in [0.5, 0.6) is 0 Å². The zero-order valence-electron chi connectivity index (χ0n) is 11.5. The summed E-state index contributed by atoms with van der Waals surface area (Å²) in [6.45, 7) is 5.64. The lowest BCUT2D eigenvalue weighted by Crippen LogP contribution is -2.32. The minimum absolute atomic E-state index is 0.577. The molecule has 1 N–H and O–H groups in total. The molecule has 98 valence electrons. The molecule has 1 aromatic rings. The van der Waals surface area contributed by atoms with Crippen molar-refractivity contribution in [1.82, 2.24) is 10.2 Å². The Balaban J connectivity index is 1.88. The van der Waals surface area contributed by atoms with Crippen molar-refractivity contribution in [2.45, 2.75) is 32.4 Å². The van der Waals surface area contributed by atoms with E-state index < -0.39 is 0 Å². The predicted molar refractivity (Wildman–Crippen MR) is 77.6 cm³/mol. The molecule has 0 fully saturated rings. The van der Waals surface area contributed by atoms with Gasteiger partial charge in [-0.05, 0) is 32.4 Å². The fourth-order valence-corrected chi connectivity index (χ4v) is 2.50. The highest BCUT2D eigenvalue weighted by Gasteiger charge is 2.14. The Hall–Kier alpha value is -1.12. The molecule has 0 spiro atoms. The average Bonchev–Trinajstić information content (AvgIpc) is 2.40. The molecular formula is C16H24N2. The van der Waals surface area contributed by atoms with Crippen molar-refractivity contribution in [3.05, 3.63) is 47.5 Å². The van der Waals surface area contributed by atoms with Gasteiger partial charge >= 0.3 is 0 Å². The van der Waals surface area contributed by atoms with Gasteiger partial charge < -0.3 is 5.32 Å². The molecular weight excluding hydrogens is 220 g/mol. The monoisotopic (exact) mass is 244 g/mol. The summed E-state index contributed by atoms with van der Waals surface area (Å²) < 4.78 is 0. The highest BCUT2D eigenvalue weighted by molar-refractivity contribution is 5.16. The third-order valence-corrected chi connectivity index (χ3v) is 3.62.